The number of nitrogens with two attached hydrogens (primary N) is 1. The van der Waals surface area contributed by atoms with Gasteiger partial charge in [0.2, 0.25) is 0 Å². The Morgan fingerprint density at radius 3 is 2.74 bits per heavy atom. The number of fused-ring (bicyclic) bond motifs is 1. The minimum Gasteiger partial charge on any atom is -0.491 e. The third-order valence-corrected chi connectivity index (χ3v) is 3.50. The number of nitrogens with zero attached hydrogens (tertiary/aromatic N) is 1. The summed E-state index contributed by atoms with van der Waals surface area (Å²) >= 11 is 0. The molecule has 3 heteroatoms. The lowest BCUT2D eigenvalue weighted by Crippen LogP contribution is -2.26. The molecule has 0 amide bonds. The highest BCUT2D eigenvalue weighted by Crippen LogP contribution is 2.27. The zero-order valence-corrected chi connectivity index (χ0v) is 10.9. The fourth-order valence-corrected chi connectivity index (χ4v) is 2.52. The zero-order valence-electron chi connectivity index (χ0n) is 10.9. The van der Waals surface area contributed by atoms with E-state index in [9.17, 15) is 0 Å². The lowest BCUT2D eigenvalue weighted by atomic mass is 10.1. The highest BCUT2D eigenvalue weighted by molar-refractivity contribution is 5.55. The normalized spacial score (nSPS) is 14.5. The Balaban J connectivity index is 1.94. The molecule has 2 aromatic rings. The molecule has 0 aromatic heterocycles. The van der Waals surface area contributed by atoms with E-state index >= 15 is 0 Å². The molecule has 0 saturated carbocycles. The van der Waals surface area contributed by atoms with E-state index in [1.165, 1.54) is 16.8 Å². The topological polar surface area (TPSA) is 38.5 Å². The molecule has 0 fully saturated rings. The third kappa shape index (κ3) is 2.42. The summed E-state index contributed by atoms with van der Waals surface area (Å²) in [6.45, 7) is 3.02. The number of benzene rings is 2. The minimum atomic E-state index is 0.565. The van der Waals surface area contributed by atoms with Crippen molar-refractivity contribution in [1.29, 1.82) is 0 Å². The second-order valence-electron chi connectivity index (χ2n) is 4.71. The smallest absolute Gasteiger partial charge is 0.124 e. The second-order valence-corrected chi connectivity index (χ2v) is 4.71. The quantitative estimate of drug-likeness (QED) is 0.895. The van der Waals surface area contributed by atoms with Gasteiger partial charge in [0.1, 0.15) is 12.4 Å². The van der Waals surface area contributed by atoms with Crippen LogP contribution in [0.2, 0.25) is 0 Å². The summed E-state index contributed by atoms with van der Waals surface area (Å²) in [6.07, 6.45) is 0. The molecule has 0 unspecified atom stereocenters. The average Bonchev–Trinajstić information content (AvgIpc) is 2.69. The van der Waals surface area contributed by atoms with Crippen molar-refractivity contribution in [3.8, 4) is 5.75 Å². The van der Waals surface area contributed by atoms with Crippen LogP contribution in [0.25, 0.3) is 0 Å². The molecule has 0 aliphatic carbocycles. The number of anilines is 1. The predicted molar refractivity (Wildman–Crippen MR) is 77.3 cm³/mol. The van der Waals surface area contributed by atoms with Crippen LogP contribution in [0.1, 0.15) is 11.1 Å². The Morgan fingerprint density at radius 2 is 1.84 bits per heavy atom. The van der Waals surface area contributed by atoms with E-state index < -0.39 is 0 Å². The Morgan fingerprint density at radius 1 is 1.05 bits per heavy atom. The first-order chi connectivity index (χ1) is 9.38. The van der Waals surface area contributed by atoms with Crippen LogP contribution in [0.4, 0.5) is 5.69 Å². The van der Waals surface area contributed by atoms with Gasteiger partial charge in [-0.1, -0.05) is 36.4 Å². The molecular weight excluding hydrogens is 236 g/mol. The van der Waals surface area contributed by atoms with Gasteiger partial charge in [0.05, 0.1) is 6.54 Å². The van der Waals surface area contributed by atoms with Crippen LogP contribution < -0.4 is 15.4 Å². The van der Waals surface area contributed by atoms with E-state index in [0.717, 1.165) is 18.8 Å². The van der Waals surface area contributed by atoms with Crippen LogP contribution in [0.5, 0.6) is 5.75 Å². The van der Waals surface area contributed by atoms with Crippen molar-refractivity contribution in [1.82, 2.24) is 0 Å². The van der Waals surface area contributed by atoms with Crippen molar-refractivity contribution < 1.29 is 4.74 Å². The number of rotatable bonds is 2. The van der Waals surface area contributed by atoms with E-state index in [4.69, 9.17) is 10.5 Å². The average molecular weight is 254 g/mol. The van der Waals surface area contributed by atoms with E-state index in [1.807, 2.05) is 18.2 Å². The van der Waals surface area contributed by atoms with Gasteiger partial charge in [-0.05, 0) is 17.7 Å². The number of para-hydroxylation sites is 2. The molecule has 98 valence electrons. The Hall–Kier alpha value is -2.00. The molecule has 1 aliphatic rings. The monoisotopic (exact) mass is 254 g/mol. The van der Waals surface area contributed by atoms with Gasteiger partial charge in [-0.2, -0.15) is 0 Å². The largest absolute Gasteiger partial charge is 0.491 e. The van der Waals surface area contributed by atoms with Crippen molar-refractivity contribution in [2.45, 2.75) is 13.1 Å². The molecule has 1 heterocycles. The Kier molecular flexibility index (Phi) is 3.38. The summed E-state index contributed by atoms with van der Waals surface area (Å²) in [5.41, 5.74) is 9.46. The standard InChI is InChI=1S/C16H18N2O/c17-11-13-5-1-3-7-15(13)18-9-10-19-16-8-4-2-6-14(16)12-18/h1-8H,9-12,17H2. The molecule has 0 atom stereocenters. The molecule has 19 heavy (non-hydrogen) atoms. The van der Waals surface area contributed by atoms with E-state index in [2.05, 4.69) is 35.2 Å². The van der Waals surface area contributed by atoms with Crippen molar-refractivity contribution in [3.63, 3.8) is 0 Å². The van der Waals surface area contributed by atoms with E-state index in [-0.39, 0.29) is 0 Å². The van der Waals surface area contributed by atoms with E-state index in [1.54, 1.807) is 0 Å². The van der Waals surface area contributed by atoms with Gasteiger partial charge >= 0.3 is 0 Å². The summed E-state index contributed by atoms with van der Waals surface area (Å²) in [5, 5.41) is 0. The van der Waals surface area contributed by atoms with E-state index in [0.29, 0.717) is 13.2 Å². The molecule has 0 spiro atoms. The maximum atomic E-state index is 5.83. The molecular formula is C16H18N2O. The van der Waals surface area contributed by atoms with Gasteiger partial charge in [0, 0.05) is 24.3 Å². The predicted octanol–water partition coefficient (Wildman–Crippen LogP) is 2.54. The lowest BCUT2D eigenvalue weighted by Gasteiger charge is -2.24. The highest BCUT2D eigenvalue weighted by atomic mass is 16.5. The van der Waals surface area contributed by atoms with Crippen LogP contribution >= 0.6 is 0 Å². The lowest BCUT2D eigenvalue weighted by molar-refractivity contribution is 0.331. The fraction of sp³-hybridized carbons (Fsp3) is 0.250. The number of ether oxygens (including phenoxy) is 1. The van der Waals surface area contributed by atoms with Crippen molar-refractivity contribution in [2.75, 3.05) is 18.1 Å². The maximum absolute atomic E-state index is 5.83. The molecule has 2 aromatic carbocycles. The van der Waals surface area contributed by atoms with Crippen LogP contribution in [0.15, 0.2) is 48.5 Å². The molecule has 0 radical (unpaired) electrons. The Bertz CT molecular complexity index is 568. The van der Waals surface area contributed by atoms with Gasteiger partial charge < -0.3 is 15.4 Å². The van der Waals surface area contributed by atoms with Gasteiger partial charge in [0.15, 0.2) is 0 Å². The molecule has 1 aliphatic heterocycles. The summed E-state index contributed by atoms with van der Waals surface area (Å²) in [5.74, 6) is 0.996. The molecule has 0 bridgehead atoms. The number of hydrogen-bond acceptors (Lipinski definition) is 3. The fourth-order valence-electron chi connectivity index (χ4n) is 2.52. The second kappa shape index (κ2) is 5.33. The SMILES string of the molecule is NCc1ccccc1N1CCOc2ccccc2C1. The maximum Gasteiger partial charge on any atom is 0.124 e. The zero-order chi connectivity index (χ0) is 13.1. The van der Waals surface area contributed by atoms with Crippen molar-refractivity contribution >= 4 is 5.69 Å². The van der Waals surface area contributed by atoms with Crippen LogP contribution in [0.3, 0.4) is 0 Å². The summed E-state index contributed by atoms with van der Waals surface area (Å²) in [7, 11) is 0. The van der Waals surface area contributed by atoms with Gasteiger partial charge in [-0.25, -0.2) is 0 Å². The summed E-state index contributed by atoms with van der Waals surface area (Å²) < 4.78 is 5.80. The molecule has 3 rings (SSSR count). The molecule has 2 N–H and O–H groups in total. The van der Waals surface area contributed by atoms with Gasteiger partial charge in [-0.3, -0.25) is 0 Å². The molecule has 0 saturated heterocycles. The summed E-state index contributed by atoms with van der Waals surface area (Å²) in [6, 6.07) is 16.6. The third-order valence-electron chi connectivity index (χ3n) is 3.50. The van der Waals surface area contributed by atoms with Crippen LogP contribution in [-0.2, 0) is 13.1 Å². The Labute approximate surface area is 113 Å². The first kappa shape index (κ1) is 12.1. The van der Waals surface area contributed by atoms with Crippen molar-refractivity contribution in [2.24, 2.45) is 5.73 Å². The molecule has 3 nitrogen and oxygen atoms in total. The number of hydrogen-bond donors (Lipinski definition) is 1. The van der Waals surface area contributed by atoms with Crippen molar-refractivity contribution in [3.05, 3.63) is 59.7 Å². The minimum absolute atomic E-state index is 0.565. The van der Waals surface area contributed by atoms with Crippen LogP contribution in [-0.4, -0.2) is 13.2 Å². The first-order valence-corrected chi connectivity index (χ1v) is 6.62. The highest BCUT2D eigenvalue weighted by Gasteiger charge is 2.16. The summed E-state index contributed by atoms with van der Waals surface area (Å²) in [4.78, 5) is 2.34. The van der Waals surface area contributed by atoms with Gasteiger partial charge in [0.25, 0.3) is 0 Å². The first-order valence-electron chi connectivity index (χ1n) is 6.62. The van der Waals surface area contributed by atoms with Crippen LogP contribution in [0, 0.1) is 0 Å². The van der Waals surface area contributed by atoms with Gasteiger partial charge in [-0.15, -0.1) is 0 Å².